The average molecular weight is 316 g/mol. The summed E-state index contributed by atoms with van der Waals surface area (Å²) < 4.78 is 0. The Bertz CT molecular complexity index is 210. The minimum Gasteiger partial charge on any atom is -0.437 e. The van der Waals surface area contributed by atoms with Gasteiger partial charge in [0.05, 0.1) is 6.61 Å². The molecule has 1 aliphatic heterocycles. The monoisotopic (exact) mass is 316 g/mol. The van der Waals surface area contributed by atoms with Gasteiger partial charge in [0.1, 0.15) is 0 Å². The Balaban J connectivity index is 0.00000256. The van der Waals surface area contributed by atoms with Crippen molar-refractivity contribution in [1.82, 2.24) is 10.1 Å². The summed E-state index contributed by atoms with van der Waals surface area (Å²) >= 11 is 0. The zero-order valence-electron chi connectivity index (χ0n) is 11.2. The van der Waals surface area contributed by atoms with Crippen molar-refractivity contribution < 1.29 is 42.8 Å². The second kappa shape index (κ2) is 8.23. The molecule has 0 amide bonds. The molecule has 0 spiro atoms. The van der Waals surface area contributed by atoms with Gasteiger partial charge in [0.15, 0.2) is 0 Å². The third-order valence-corrected chi connectivity index (χ3v) is 3.25. The maximum Gasteiger partial charge on any atom is 0.376 e. The maximum atomic E-state index is 9.43. The summed E-state index contributed by atoms with van der Waals surface area (Å²) in [5.74, 6) is 1.48. The fourth-order valence-electron chi connectivity index (χ4n) is 1.81. The van der Waals surface area contributed by atoms with E-state index in [9.17, 15) is 5.02 Å². The van der Waals surface area contributed by atoms with Gasteiger partial charge >= 0.3 is 7.05 Å². The summed E-state index contributed by atoms with van der Waals surface area (Å²) in [7, 11) is -0.330. The van der Waals surface area contributed by atoms with Crippen LogP contribution >= 0.6 is 0 Å². The SMILES string of the molecule is CB(O)N1CC[C-](CNC(C)(C)CO)CC1.[Y]. The summed E-state index contributed by atoms with van der Waals surface area (Å²) in [6.07, 6.45) is 2.08. The van der Waals surface area contributed by atoms with Crippen LogP contribution in [-0.2, 0) is 32.7 Å². The Hall–Kier alpha value is 1.01. The van der Waals surface area contributed by atoms with Crippen molar-refractivity contribution in [2.24, 2.45) is 0 Å². The van der Waals surface area contributed by atoms with Crippen LogP contribution in [0.1, 0.15) is 26.7 Å². The van der Waals surface area contributed by atoms with E-state index in [1.54, 1.807) is 0 Å². The largest absolute Gasteiger partial charge is 0.437 e. The molecule has 0 aromatic carbocycles. The number of piperidine rings is 1. The van der Waals surface area contributed by atoms with Gasteiger partial charge in [-0.2, -0.15) is 12.8 Å². The van der Waals surface area contributed by atoms with Crippen molar-refractivity contribution in [3.63, 3.8) is 0 Å². The molecule has 0 aromatic rings. The summed E-state index contributed by atoms with van der Waals surface area (Å²) in [6.45, 7) is 8.72. The Labute approximate surface area is 131 Å². The molecule has 1 heterocycles. The van der Waals surface area contributed by atoms with Crippen molar-refractivity contribution in [3.8, 4) is 0 Å². The Morgan fingerprint density at radius 3 is 2.29 bits per heavy atom. The predicted molar refractivity (Wildman–Crippen MR) is 67.1 cm³/mol. The summed E-state index contributed by atoms with van der Waals surface area (Å²) in [5, 5.41) is 21.9. The first-order valence-corrected chi connectivity index (χ1v) is 6.06. The van der Waals surface area contributed by atoms with Crippen LogP contribution < -0.4 is 5.32 Å². The molecule has 3 N–H and O–H groups in total. The van der Waals surface area contributed by atoms with Crippen molar-refractivity contribution in [2.45, 2.75) is 39.1 Å². The van der Waals surface area contributed by atoms with Crippen molar-refractivity contribution in [2.75, 3.05) is 26.2 Å². The van der Waals surface area contributed by atoms with Crippen molar-refractivity contribution in [1.29, 1.82) is 0 Å². The molecule has 0 aromatic heterocycles. The number of hydrogen-bond donors (Lipinski definition) is 3. The van der Waals surface area contributed by atoms with Gasteiger partial charge in [-0.3, -0.25) is 5.92 Å². The molecule has 0 unspecified atom stereocenters. The molecule has 0 bridgehead atoms. The minimum atomic E-state index is -0.330. The molecule has 0 atom stereocenters. The standard InChI is InChI=1S/C11H24BN2O2.Y/c1-11(2,9-15)13-8-10-4-6-14(7-5-10)12(3)16;/h13,15-16H,4-9H2,1-3H3;/q-1;. The van der Waals surface area contributed by atoms with Crippen LogP contribution in [0.5, 0.6) is 0 Å². The van der Waals surface area contributed by atoms with E-state index < -0.39 is 0 Å². The number of rotatable bonds is 5. The molecule has 0 aliphatic carbocycles. The van der Waals surface area contributed by atoms with Crippen LogP contribution in [-0.4, -0.2) is 53.8 Å². The van der Waals surface area contributed by atoms with Gasteiger partial charge in [-0.05, 0) is 33.8 Å². The van der Waals surface area contributed by atoms with Crippen molar-refractivity contribution in [3.05, 3.63) is 5.92 Å². The van der Waals surface area contributed by atoms with Gasteiger partial charge in [0.2, 0.25) is 0 Å². The van der Waals surface area contributed by atoms with Crippen LogP contribution in [0, 0.1) is 5.92 Å². The first-order chi connectivity index (χ1) is 7.44. The van der Waals surface area contributed by atoms with Crippen LogP contribution in [0.15, 0.2) is 0 Å². The predicted octanol–water partition coefficient (Wildman–Crippen LogP) is 0.125. The molecular formula is C11H24BN2O2Y-. The summed E-state index contributed by atoms with van der Waals surface area (Å²) in [5.41, 5.74) is -0.200. The van der Waals surface area contributed by atoms with Gasteiger partial charge in [-0.1, -0.05) is 0 Å². The van der Waals surface area contributed by atoms with Gasteiger partial charge in [0, 0.05) is 38.2 Å². The van der Waals surface area contributed by atoms with Crippen molar-refractivity contribution >= 4 is 7.05 Å². The van der Waals surface area contributed by atoms with E-state index in [1.807, 2.05) is 20.7 Å². The molecule has 1 saturated heterocycles. The van der Waals surface area contributed by atoms with Crippen LogP contribution in [0.3, 0.4) is 0 Å². The quantitative estimate of drug-likeness (QED) is 0.498. The molecule has 1 rings (SSSR count). The fraction of sp³-hybridized carbons (Fsp3) is 0.909. The minimum absolute atomic E-state index is 0. The van der Waals surface area contributed by atoms with Crippen LogP contribution in [0.4, 0.5) is 0 Å². The van der Waals surface area contributed by atoms with Gasteiger partial charge in [-0.15, -0.1) is 6.54 Å². The second-order valence-corrected chi connectivity index (χ2v) is 5.31. The summed E-state index contributed by atoms with van der Waals surface area (Å²) in [4.78, 5) is 2.08. The van der Waals surface area contributed by atoms with Gasteiger partial charge in [0.25, 0.3) is 0 Å². The van der Waals surface area contributed by atoms with E-state index >= 15 is 0 Å². The smallest absolute Gasteiger partial charge is 0.376 e. The van der Waals surface area contributed by atoms with Gasteiger partial charge < -0.3 is 20.3 Å². The van der Waals surface area contributed by atoms with Gasteiger partial charge in [-0.25, -0.2) is 0 Å². The molecule has 6 heteroatoms. The molecular weight excluding hydrogens is 292 g/mol. The number of hydrogen-bond acceptors (Lipinski definition) is 4. The fourth-order valence-corrected chi connectivity index (χ4v) is 1.81. The van der Waals surface area contributed by atoms with E-state index in [0.717, 1.165) is 32.5 Å². The maximum absolute atomic E-state index is 9.43. The molecule has 4 nitrogen and oxygen atoms in total. The molecule has 0 saturated carbocycles. The third kappa shape index (κ3) is 6.65. The van der Waals surface area contributed by atoms with Crippen LogP contribution in [0.2, 0.25) is 6.82 Å². The van der Waals surface area contributed by atoms with E-state index in [2.05, 4.69) is 10.1 Å². The zero-order chi connectivity index (χ0) is 12.2. The zero-order valence-corrected chi connectivity index (χ0v) is 14.1. The molecule has 1 radical (unpaired) electrons. The molecule has 1 aliphatic rings. The second-order valence-electron chi connectivity index (χ2n) is 5.31. The van der Waals surface area contributed by atoms with Crippen LogP contribution in [0.25, 0.3) is 0 Å². The number of nitrogens with zero attached hydrogens (tertiary/aromatic N) is 1. The Morgan fingerprint density at radius 2 is 1.88 bits per heavy atom. The summed E-state index contributed by atoms with van der Waals surface area (Å²) in [6, 6.07) is 0. The number of aliphatic hydroxyl groups is 1. The first-order valence-electron chi connectivity index (χ1n) is 6.06. The Kier molecular flexibility index (Phi) is 8.72. The third-order valence-electron chi connectivity index (χ3n) is 3.25. The first kappa shape index (κ1) is 18.0. The normalized spacial score (nSPS) is 18.9. The molecule has 17 heavy (non-hydrogen) atoms. The van der Waals surface area contributed by atoms with E-state index in [1.165, 1.54) is 5.92 Å². The topological polar surface area (TPSA) is 55.7 Å². The van der Waals surface area contributed by atoms with E-state index in [0.29, 0.717) is 0 Å². The molecule has 97 valence electrons. The average Bonchev–Trinajstić information content (AvgIpc) is 2.27. The van der Waals surface area contributed by atoms with E-state index in [-0.39, 0.29) is 51.9 Å². The van der Waals surface area contributed by atoms with E-state index in [4.69, 9.17) is 5.11 Å². The molecule has 1 fully saturated rings. The number of nitrogens with one attached hydrogen (secondary N) is 1. The Morgan fingerprint density at radius 1 is 1.35 bits per heavy atom. The number of aliphatic hydroxyl groups excluding tert-OH is 1.